The highest BCUT2D eigenvalue weighted by atomic mass is 35.5. The number of para-hydroxylation sites is 1. The van der Waals surface area contributed by atoms with Crippen LogP contribution in [0.1, 0.15) is 5.56 Å². The van der Waals surface area contributed by atoms with Crippen molar-refractivity contribution in [2.75, 3.05) is 6.26 Å². The first-order valence-corrected chi connectivity index (χ1v) is 7.84. The summed E-state index contributed by atoms with van der Waals surface area (Å²) in [6, 6.07) is 15.6. The molecule has 5 heteroatoms. The lowest BCUT2D eigenvalue weighted by Crippen LogP contribution is -1.94. The standard InChI is InChI=1S/C16H10ClN3S/c1-21-13-8-3-2-6-11(13)15-12-7-4-5-10(9-18)14(12)19-16(17)20-15/h2-8H,1H3. The molecular weight excluding hydrogens is 302 g/mol. The van der Waals surface area contributed by atoms with Crippen LogP contribution in [0.15, 0.2) is 47.4 Å². The Balaban J connectivity index is 2.41. The van der Waals surface area contributed by atoms with E-state index < -0.39 is 0 Å². The minimum atomic E-state index is 0.149. The van der Waals surface area contributed by atoms with Gasteiger partial charge in [-0.2, -0.15) is 5.26 Å². The van der Waals surface area contributed by atoms with Crippen molar-refractivity contribution < 1.29 is 0 Å². The van der Waals surface area contributed by atoms with Crippen LogP contribution in [0, 0.1) is 11.3 Å². The normalized spacial score (nSPS) is 10.5. The first-order valence-electron chi connectivity index (χ1n) is 6.24. The van der Waals surface area contributed by atoms with E-state index in [2.05, 4.69) is 16.0 Å². The fourth-order valence-corrected chi connectivity index (χ4v) is 3.03. The van der Waals surface area contributed by atoms with Gasteiger partial charge in [-0.15, -0.1) is 11.8 Å². The van der Waals surface area contributed by atoms with Crippen LogP contribution in [0.3, 0.4) is 0 Å². The van der Waals surface area contributed by atoms with Gasteiger partial charge in [0.15, 0.2) is 0 Å². The highest BCUT2D eigenvalue weighted by molar-refractivity contribution is 7.98. The number of hydrogen-bond acceptors (Lipinski definition) is 4. The number of thioether (sulfide) groups is 1. The Bertz CT molecular complexity index is 871. The maximum Gasteiger partial charge on any atom is 0.223 e. The number of aromatic nitrogens is 2. The van der Waals surface area contributed by atoms with Crippen molar-refractivity contribution >= 4 is 34.3 Å². The molecule has 3 aromatic rings. The summed E-state index contributed by atoms with van der Waals surface area (Å²) in [4.78, 5) is 9.71. The molecule has 2 aromatic carbocycles. The zero-order valence-corrected chi connectivity index (χ0v) is 12.7. The molecule has 0 aliphatic carbocycles. The summed E-state index contributed by atoms with van der Waals surface area (Å²) < 4.78 is 0. The Morgan fingerprint density at radius 1 is 1.10 bits per heavy atom. The summed E-state index contributed by atoms with van der Waals surface area (Å²) in [5.74, 6) is 0. The van der Waals surface area contributed by atoms with Gasteiger partial charge >= 0.3 is 0 Å². The van der Waals surface area contributed by atoms with E-state index in [0.29, 0.717) is 11.1 Å². The van der Waals surface area contributed by atoms with Crippen molar-refractivity contribution in [1.29, 1.82) is 5.26 Å². The van der Waals surface area contributed by atoms with Crippen LogP contribution in [0.5, 0.6) is 0 Å². The molecule has 0 saturated carbocycles. The van der Waals surface area contributed by atoms with Gasteiger partial charge in [-0.3, -0.25) is 0 Å². The van der Waals surface area contributed by atoms with Gasteiger partial charge < -0.3 is 0 Å². The largest absolute Gasteiger partial charge is 0.223 e. The lowest BCUT2D eigenvalue weighted by molar-refractivity contribution is 1.21. The summed E-state index contributed by atoms with van der Waals surface area (Å²) in [6.45, 7) is 0. The molecule has 0 N–H and O–H groups in total. The lowest BCUT2D eigenvalue weighted by atomic mass is 10.0. The quantitative estimate of drug-likeness (QED) is 0.515. The van der Waals surface area contributed by atoms with Crippen molar-refractivity contribution in [3.8, 4) is 17.3 Å². The summed E-state index contributed by atoms with van der Waals surface area (Å²) in [6.07, 6.45) is 2.02. The molecule has 102 valence electrons. The van der Waals surface area contributed by atoms with E-state index in [1.54, 1.807) is 17.8 Å². The average molecular weight is 312 g/mol. The van der Waals surface area contributed by atoms with Crippen LogP contribution < -0.4 is 0 Å². The molecule has 0 spiro atoms. The third-order valence-corrected chi connectivity index (χ3v) is 4.15. The summed E-state index contributed by atoms with van der Waals surface area (Å²) in [5, 5.41) is 10.2. The summed E-state index contributed by atoms with van der Waals surface area (Å²) in [7, 11) is 0. The first kappa shape index (κ1) is 13.9. The maximum atomic E-state index is 9.23. The van der Waals surface area contributed by atoms with Gasteiger partial charge in [0.05, 0.1) is 16.8 Å². The van der Waals surface area contributed by atoms with Crippen LogP contribution in [-0.4, -0.2) is 16.2 Å². The third-order valence-electron chi connectivity index (χ3n) is 3.18. The van der Waals surface area contributed by atoms with Crippen molar-refractivity contribution in [2.45, 2.75) is 4.90 Å². The molecule has 0 aliphatic rings. The van der Waals surface area contributed by atoms with Crippen LogP contribution in [0.25, 0.3) is 22.2 Å². The predicted octanol–water partition coefficient (Wildman–Crippen LogP) is 4.54. The number of fused-ring (bicyclic) bond motifs is 1. The number of benzene rings is 2. The van der Waals surface area contributed by atoms with E-state index in [-0.39, 0.29) is 5.28 Å². The number of hydrogen-bond donors (Lipinski definition) is 0. The zero-order valence-electron chi connectivity index (χ0n) is 11.2. The van der Waals surface area contributed by atoms with Crippen LogP contribution in [0.2, 0.25) is 5.28 Å². The fourth-order valence-electron chi connectivity index (χ4n) is 2.26. The van der Waals surface area contributed by atoms with Gasteiger partial charge in [0.1, 0.15) is 6.07 Å². The minimum Gasteiger partial charge on any atom is -0.217 e. The van der Waals surface area contributed by atoms with E-state index in [1.165, 1.54) is 0 Å². The summed E-state index contributed by atoms with van der Waals surface area (Å²) in [5.41, 5.74) is 2.84. The molecule has 0 amide bonds. The third kappa shape index (κ3) is 2.46. The molecule has 0 atom stereocenters. The Hall–Kier alpha value is -2.09. The molecule has 0 unspecified atom stereocenters. The second kappa shape index (κ2) is 5.72. The molecule has 0 aliphatic heterocycles. The average Bonchev–Trinajstić information content (AvgIpc) is 2.53. The van der Waals surface area contributed by atoms with E-state index in [0.717, 1.165) is 21.5 Å². The van der Waals surface area contributed by atoms with Crippen LogP contribution in [-0.2, 0) is 0 Å². The molecule has 0 bridgehead atoms. The topological polar surface area (TPSA) is 49.6 Å². The van der Waals surface area contributed by atoms with Gasteiger partial charge in [0.2, 0.25) is 5.28 Å². The van der Waals surface area contributed by atoms with Crippen LogP contribution >= 0.6 is 23.4 Å². The Morgan fingerprint density at radius 3 is 2.67 bits per heavy atom. The number of nitriles is 1. The Labute approximate surface area is 131 Å². The molecule has 1 heterocycles. The smallest absolute Gasteiger partial charge is 0.217 e. The SMILES string of the molecule is CSc1ccccc1-c1nc(Cl)nc2c(C#N)cccc12. The maximum absolute atomic E-state index is 9.23. The number of rotatable bonds is 2. The number of nitrogens with zero attached hydrogens (tertiary/aromatic N) is 3. The summed E-state index contributed by atoms with van der Waals surface area (Å²) >= 11 is 7.71. The van der Waals surface area contributed by atoms with E-state index in [4.69, 9.17) is 11.6 Å². The molecule has 3 rings (SSSR count). The first-order chi connectivity index (χ1) is 10.2. The van der Waals surface area contributed by atoms with E-state index in [9.17, 15) is 5.26 Å². The lowest BCUT2D eigenvalue weighted by Gasteiger charge is -2.10. The van der Waals surface area contributed by atoms with Gasteiger partial charge in [-0.05, 0) is 30.0 Å². The van der Waals surface area contributed by atoms with Gasteiger partial charge in [0, 0.05) is 15.8 Å². The molecule has 3 nitrogen and oxygen atoms in total. The second-order valence-corrected chi connectivity index (χ2v) is 5.54. The van der Waals surface area contributed by atoms with Gasteiger partial charge in [0.25, 0.3) is 0 Å². The van der Waals surface area contributed by atoms with Crippen LogP contribution in [0.4, 0.5) is 0 Å². The highest BCUT2D eigenvalue weighted by Gasteiger charge is 2.14. The number of halogens is 1. The van der Waals surface area contributed by atoms with Gasteiger partial charge in [-0.25, -0.2) is 9.97 Å². The Kier molecular flexibility index (Phi) is 3.78. The monoisotopic (exact) mass is 311 g/mol. The second-order valence-electron chi connectivity index (χ2n) is 4.36. The molecule has 0 fully saturated rings. The molecule has 1 aromatic heterocycles. The van der Waals surface area contributed by atoms with E-state index >= 15 is 0 Å². The van der Waals surface area contributed by atoms with E-state index in [1.807, 2.05) is 42.7 Å². The predicted molar refractivity (Wildman–Crippen MR) is 86.5 cm³/mol. The van der Waals surface area contributed by atoms with Crippen molar-refractivity contribution in [3.05, 3.63) is 53.3 Å². The minimum absolute atomic E-state index is 0.149. The van der Waals surface area contributed by atoms with Crippen molar-refractivity contribution in [2.24, 2.45) is 0 Å². The molecule has 0 saturated heterocycles. The molecule has 0 radical (unpaired) electrons. The zero-order chi connectivity index (χ0) is 14.8. The molecular formula is C16H10ClN3S. The Morgan fingerprint density at radius 2 is 1.90 bits per heavy atom. The fraction of sp³-hybridized carbons (Fsp3) is 0.0625. The van der Waals surface area contributed by atoms with Gasteiger partial charge in [-0.1, -0.05) is 30.3 Å². The highest BCUT2D eigenvalue weighted by Crippen LogP contribution is 2.34. The van der Waals surface area contributed by atoms with Crippen molar-refractivity contribution in [1.82, 2.24) is 9.97 Å². The molecule has 21 heavy (non-hydrogen) atoms. The van der Waals surface area contributed by atoms with Crippen molar-refractivity contribution in [3.63, 3.8) is 0 Å².